The SMILES string of the molecule is NC(CC1CCSCC1)C(=O)N1CCCC1B(O)O. The highest BCUT2D eigenvalue weighted by atomic mass is 32.2. The summed E-state index contributed by atoms with van der Waals surface area (Å²) in [4.78, 5) is 13.9. The van der Waals surface area contributed by atoms with E-state index in [0.29, 0.717) is 18.9 Å². The molecule has 2 rings (SSSR count). The van der Waals surface area contributed by atoms with Gasteiger partial charge in [0.15, 0.2) is 0 Å². The van der Waals surface area contributed by atoms with E-state index in [4.69, 9.17) is 5.73 Å². The fraction of sp³-hybridized carbons (Fsp3) is 0.917. The Kier molecular flexibility index (Phi) is 5.56. The van der Waals surface area contributed by atoms with Crippen LogP contribution in [0.4, 0.5) is 0 Å². The number of rotatable bonds is 4. The van der Waals surface area contributed by atoms with Gasteiger partial charge in [0.25, 0.3) is 0 Å². The Morgan fingerprint density at radius 3 is 2.68 bits per heavy atom. The van der Waals surface area contributed by atoms with E-state index >= 15 is 0 Å². The van der Waals surface area contributed by atoms with Crippen molar-refractivity contribution >= 4 is 24.8 Å². The third kappa shape index (κ3) is 3.87. The van der Waals surface area contributed by atoms with Crippen LogP contribution in [0, 0.1) is 5.92 Å². The summed E-state index contributed by atoms with van der Waals surface area (Å²) in [5.74, 6) is 2.27. The molecular formula is C12H23BN2O3S. The van der Waals surface area contributed by atoms with Crippen LogP contribution in [-0.4, -0.2) is 58.0 Å². The number of likely N-dealkylation sites (tertiary alicyclic amines) is 1. The fourth-order valence-corrected chi connectivity index (χ4v) is 4.24. The van der Waals surface area contributed by atoms with Crippen molar-refractivity contribution in [3.8, 4) is 0 Å². The molecule has 2 unspecified atom stereocenters. The fourth-order valence-electron chi connectivity index (χ4n) is 3.03. The Hall–Kier alpha value is -0.235. The molecule has 0 radical (unpaired) electrons. The molecule has 2 atom stereocenters. The largest absolute Gasteiger partial charge is 0.475 e. The van der Waals surface area contributed by atoms with Gasteiger partial charge in [0.05, 0.1) is 12.0 Å². The number of thioether (sulfide) groups is 1. The van der Waals surface area contributed by atoms with E-state index in [-0.39, 0.29) is 5.91 Å². The van der Waals surface area contributed by atoms with E-state index in [2.05, 4.69) is 0 Å². The first-order chi connectivity index (χ1) is 9.09. The molecule has 0 aliphatic carbocycles. The average Bonchev–Trinajstić information content (AvgIpc) is 2.88. The third-order valence-corrected chi connectivity index (χ3v) is 5.22. The summed E-state index contributed by atoms with van der Waals surface area (Å²) in [5.41, 5.74) is 6.03. The van der Waals surface area contributed by atoms with Gasteiger partial charge in [-0.2, -0.15) is 11.8 Å². The van der Waals surface area contributed by atoms with Crippen molar-refractivity contribution in [1.82, 2.24) is 4.90 Å². The highest BCUT2D eigenvalue weighted by Crippen LogP contribution is 2.27. The Morgan fingerprint density at radius 2 is 2.05 bits per heavy atom. The lowest BCUT2D eigenvalue weighted by molar-refractivity contribution is -0.133. The Morgan fingerprint density at radius 1 is 1.37 bits per heavy atom. The Labute approximate surface area is 119 Å². The number of nitrogens with two attached hydrogens (primary N) is 1. The summed E-state index contributed by atoms with van der Waals surface area (Å²) in [5, 5.41) is 18.6. The van der Waals surface area contributed by atoms with Crippen LogP contribution in [0.2, 0.25) is 0 Å². The minimum atomic E-state index is -1.45. The molecule has 19 heavy (non-hydrogen) atoms. The first kappa shape index (κ1) is 15.2. The van der Waals surface area contributed by atoms with Crippen LogP contribution < -0.4 is 5.73 Å². The number of carbonyl (C=O) groups is 1. The van der Waals surface area contributed by atoms with Gasteiger partial charge >= 0.3 is 7.12 Å². The lowest BCUT2D eigenvalue weighted by Gasteiger charge is -2.29. The molecule has 7 heteroatoms. The average molecular weight is 286 g/mol. The van der Waals surface area contributed by atoms with Crippen LogP contribution in [0.1, 0.15) is 32.1 Å². The Bertz CT molecular complexity index is 313. The molecule has 108 valence electrons. The highest BCUT2D eigenvalue weighted by molar-refractivity contribution is 7.99. The molecule has 2 heterocycles. The van der Waals surface area contributed by atoms with Crippen LogP contribution in [0.25, 0.3) is 0 Å². The maximum Gasteiger partial charge on any atom is 0.475 e. The van der Waals surface area contributed by atoms with E-state index in [0.717, 1.165) is 37.2 Å². The topological polar surface area (TPSA) is 86.8 Å². The van der Waals surface area contributed by atoms with Crippen molar-refractivity contribution in [3.05, 3.63) is 0 Å². The zero-order valence-electron chi connectivity index (χ0n) is 11.2. The summed E-state index contributed by atoms with van der Waals surface area (Å²) in [6.45, 7) is 0.593. The smallest absolute Gasteiger partial charge is 0.426 e. The van der Waals surface area contributed by atoms with E-state index in [1.165, 1.54) is 0 Å². The van der Waals surface area contributed by atoms with Gasteiger partial charge < -0.3 is 20.7 Å². The van der Waals surface area contributed by atoms with Crippen LogP contribution in [-0.2, 0) is 4.79 Å². The second-order valence-corrected chi connectivity index (χ2v) is 6.78. The predicted octanol–water partition coefficient (Wildman–Crippen LogP) is -0.150. The summed E-state index contributed by atoms with van der Waals surface area (Å²) < 4.78 is 0. The van der Waals surface area contributed by atoms with Gasteiger partial charge in [-0.25, -0.2) is 0 Å². The van der Waals surface area contributed by atoms with E-state index in [9.17, 15) is 14.8 Å². The summed E-state index contributed by atoms with van der Waals surface area (Å²) >= 11 is 1.96. The summed E-state index contributed by atoms with van der Waals surface area (Å²) in [7, 11) is -1.45. The van der Waals surface area contributed by atoms with Crippen LogP contribution in [0.5, 0.6) is 0 Å². The second-order valence-electron chi connectivity index (χ2n) is 5.55. The van der Waals surface area contributed by atoms with Crippen LogP contribution >= 0.6 is 11.8 Å². The van der Waals surface area contributed by atoms with Crippen LogP contribution in [0.3, 0.4) is 0 Å². The van der Waals surface area contributed by atoms with Gasteiger partial charge in [-0.3, -0.25) is 4.79 Å². The first-order valence-corrected chi connectivity index (χ1v) is 8.25. The molecule has 0 aromatic rings. The van der Waals surface area contributed by atoms with Crippen molar-refractivity contribution in [2.45, 2.75) is 44.1 Å². The minimum Gasteiger partial charge on any atom is -0.426 e. The number of nitrogens with zero attached hydrogens (tertiary/aromatic N) is 1. The van der Waals surface area contributed by atoms with Gasteiger partial charge in [0.2, 0.25) is 5.91 Å². The van der Waals surface area contributed by atoms with Crippen molar-refractivity contribution in [2.24, 2.45) is 11.7 Å². The summed E-state index contributed by atoms with van der Waals surface area (Å²) in [6, 6.07) is -0.493. The minimum absolute atomic E-state index is 0.117. The normalized spacial score (nSPS) is 26.5. The molecule has 2 aliphatic heterocycles. The van der Waals surface area contributed by atoms with Gasteiger partial charge in [0, 0.05) is 6.54 Å². The molecular weight excluding hydrogens is 263 g/mol. The zero-order chi connectivity index (χ0) is 13.8. The molecule has 0 bridgehead atoms. The third-order valence-electron chi connectivity index (χ3n) is 4.17. The standard InChI is InChI=1S/C12H23BN2O3S/c14-10(8-9-3-6-19-7-4-9)12(16)15-5-1-2-11(15)13(17)18/h9-11,17-18H,1-8,14H2. The molecule has 0 spiro atoms. The van der Waals surface area contributed by atoms with E-state index in [1.54, 1.807) is 4.90 Å². The molecule has 4 N–H and O–H groups in total. The zero-order valence-corrected chi connectivity index (χ0v) is 12.0. The van der Waals surface area contributed by atoms with Crippen molar-refractivity contribution in [2.75, 3.05) is 18.1 Å². The van der Waals surface area contributed by atoms with Crippen molar-refractivity contribution in [3.63, 3.8) is 0 Å². The van der Waals surface area contributed by atoms with Crippen molar-refractivity contribution < 1.29 is 14.8 Å². The molecule has 2 saturated heterocycles. The number of hydrogen-bond donors (Lipinski definition) is 3. The predicted molar refractivity (Wildman–Crippen MR) is 77.6 cm³/mol. The van der Waals surface area contributed by atoms with Gasteiger partial charge in [-0.05, 0) is 49.5 Å². The molecule has 0 aromatic heterocycles. The maximum absolute atomic E-state index is 12.3. The maximum atomic E-state index is 12.3. The molecule has 0 saturated carbocycles. The number of amides is 1. The monoisotopic (exact) mass is 286 g/mol. The number of hydrogen-bond acceptors (Lipinski definition) is 5. The van der Waals surface area contributed by atoms with Gasteiger partial charge in [-0.15, -0.1) is 0 Å². The molecule has 5 nitrogen and oxygen atoms in total. The Balaban J connectivity index is 1.87. The quantitative estimate of drug-likeness (QED) is 0.626. The molecule has 2 fully saturated rings. The summed E-state index contributed by atoms with van der Waals surface area (Å²) in [6.07, 6.45) is 4.47. The lowest BCUT2D eigenvalue weighted by atomic mass is 9.77. The van der Waals surface area contributed by atoms with Gasteiger partial charge in [-0.1, -0.05) is 0 Å². The molecule has 0 aromatic carbocycles. The molecule has 2 aliphatic rings. The second kappa shape index (κ2) is 6.97. The number of carbonyl (C=O) groups excluding carboxylic acids is 1. The first-order valence-electron chi connectivity index (χ1n) is 7.09. The highest BCUT2D eigenvalue weighted by Gasteiger charge is 2.38. The van der Waals surface area contributed by atoms with E-state index < -0.39 is 19.1 Å². The van der Waals surface area contributed by atoms with Gasteiger partial charge in [0.1, 0.15) is 0 Å². The van der Waals surface area contributed by atoms with Crippen LogP contribution in [0.15, 0.2) is 0 Å². The molecule has 1 amide bonds. The lowest BCUT2D eigenvalue weighted by Crippen LogP contribution is -2.51. The van der Waals surface area contributed by atoms with E-state index in [1.807, 2.05) is 11.8 Å². The van der Waals surface area contributed by atoms with Crippen molar-refractivity contribution in [1.29, 1.82) is 0 Å².